The first kappa shape index (κ1) is 31.9. The van der Waals surface area contributed by atoms with Crippen molar-refractivity contribution < 1.29 is 5.11 Å². The van der Waals surface area contributed by atoms with Crippen molar-refractivity contribution in [3.05, 3.63) is 173 Å². The van der Waals surface area contributed by atoms with E-state index in [9.17, 15) is 5.11 Å². The van der Waals surface area contributed by atoms with Crippen LogP contribution in [0.2, 0.25) is 0 Å². The minimum Gasteiger partial charge on any atom is -0.390 e. The van der Waals surface area contributed by atoms with Crippen LogP contribution in [0.15, 0.2) is 140 Å². The summed E-state index contributed by atoms with van der Waals surface area (Å²) >= 11 is 0. The van der Waals surface area contributed by atoms with E-state index < -0.39 is 5.54 Å². The highest BCUT2D eigenvalue weighted by molar-refractivity contribution is 5.81. The summed E-state index contributed by atoms with van der Waals surface area (Å²) in [5.74, 6) is 1.65. The van der Waals surface area contributed by atoms with Gasteiger partial charge < -0.3 is 9.67 Å². The second kappa shape index (κ2) is 14.2. The Balaban J connectivity index is 1.40. The molecule has 5 aromatic carbocycles. The number of benzene rings is 5. The monoisotopic (exact) mass is 644 g/mol. The van der Waals surface area contributed by atoms with Gasteiger partial charge in [-0.25, -0.2) is 9.67 Å². The minimum absolute atomic E-state index is 0.0599. The van der Waals surface area contributed by atoms with Crippen molar-refractivity contribution >= 4 is 0 Å². The van der Waals surface area contributed by atoms with Crippen LogP contribution >= 0.6 is 0 Å². The predicted octanol–water partition coefficient (Wildman–Crippen LogP) is 8.43. The number of rotatable bonds is 12. The van der Waals surface area contributed by atoms with Crippen LogP contribution in [0, 0.1) is 0 Å². The van der Waals surface area contributed by atoms with Crippen LogP contribution in [0.1, 0.15) is 60.6 Å². The summed E-state index contributed by atoms with van der Waals surface area (Å²) in [7, 11) is 0. The average Bonchev–Trinajstić information content (AvgIpc) is 3.79. The van der Waals surface area contributed by atoms with E-state index in [0.717, 1.165) is 82.0 Å². The molecule has 244 valence electrons. The van der Waals surface area contributed by atoms with Gasteiger partial charge in [0.2, 0.25) is 0 Å². The second-order valence-electron chi connectivity index (χ2n) is 12.2. The zero-order chi connectivity index (χ0) is 33.6. The van der Waals surface area contributed by atoms with Gasteiger partial charge in [0.25, 0.3) is 0 Å². The Bertz CT molecular complexity index is 2020. The Labute approximate surface area is 287 Å². The molecular formula is C42H40N6O. The summed E-state index contributed by atoms with van der Waals surface area (Å²) in [6, 6.07) is 48.3. The third kappa shape index (κ3) is 5.76. The molecule has 7 nitrogen and oxygen atoms in total. The number of aryl methyl sites for hydroxylation is 1. The maximum Gasteiger partial charge on any atom is 0.184 e. The van der Waals surface area contributed by atoms with Crippen molar-refractivity contribution in [2.24, 2.45) is 0 Å². The summed E-state index contributed by atoms with van der Waals surface area (Å²) in [6.45, 7) is 4.26. The molecule has 0 saturated heterocycles. The van der Waals surface area contributed by atoms with Crippen LogP contribution in [0.4, 0.5) is 0 Å². The molecule has 0 radical (unpaired) electrons. The van der Waals surface area contributed by atoms with E-state index in [1.54, 1.807) is 0 Å². The number of imidazole rings is 1. The summed E-state index contributed by atoms with van der Waals surface area (Å²) in [5, 5.41) is 23.9. The molecule has 49 heavy (non-hydrogen) atoms. The van der Waals surface area contributed by atoms with Crippen molar-refractivity contribution in [2.75, 3.05) is 0 Å². The number of nitrogens with zero attached hydrogens (tertiary/aromatic N) is 6. The first-order valence-corrected chi connectivity index (χ1v) is 17.1. The Morgan fingerprint density at radius 3 is 1.67 bits per heavy atom. The van der Waals surface area contributed by atoms with Crippen molar-refractivity contribution in [1.29, 1.82) is 0 Å². The zero-order valence-electron chi connectivity index (χ0n) is 27.9. The van der Waals surface area contributed by atoms with E-state index in [-0.39, 0.29) is 6.61 Å². The molecule has 7 heteroatoms. The van der Waals surface area contributed by atoms with E-state index in [2.05, 4.69) is 139 Å². The second-order valence-corrected chi connectivity index (χ2v) is 12.2. The average molecular weight is 645 g/mol. The zero-order valence-corrected chi connectivity index (χ0v) is 27.9. The highest BCUT2D eigenvalue weighted by Gasteiger charge is 2.42. The van der Waals surface area contributed by atoms with Crippen LogP contribution in [-0.4, -0.2) is 34.9 Å². The van der Waals surface area contributed by atoms with Crippen molar-refractivity contribution in [1.82, 2.24) is 29.8 Å². The number of hydrogen-bond acceptors (Lipinski definition) is 5. The summed E-state index contributed by atoms with van der Waals surface area (Å²) in [4.78, 5) is 4.84. The van der Waals surface area contributed by atoms with Gasteiger partial charge in [-0.05, 0) is 63.2 Å². The summed E-state index contributed by atoms with van der Waals surface area (Å²) < 4.78 is 4.22. The van der Waals surface area contributed by atoms with Gasteiger partial charge in [-0.2, -0.15) is 0 Å². The number of aliphatic hydroxyl groups is 1. The first-order valence-electron chi connectivity index (χ1n) is 17.1. The van der Waals surface area contributed by atoms with Gasteiger partial charge in [-0.3, -0.25) is 0 Å². The molecule has 0 aliphatic carbocycles. The fourth-order valence-electron chi connectivity index (χ4n) is 7.08. The molecule has 0 fully saturated rings. The number of aromatic nitrogens is 6. The molecule has 0 saturated carbocycles. The number of tetrazole rings is 1. The van der Waals surface area contributed by atoms with Gasteiger partial charge >= 0.3 is 0 Å². The maximum atomic E-state index is 10.1. The highest BCUT2D eigenvalue weighted by atomic mass is 16.3. The first-order chi connectivity index (χ1) is 24.2. The van der Waals surface area contributed by atoms with Gasteiger partial charge in [0.05, 0.1) is 12.3 Å². The normalized spacial score (nSPS) is 11.6. The standard InChI is InChI=1S/C42H40N6O/c1-3-16-39-38(30-49)43-40(17-4-2)47(39)35-28-26-31(27-29-35)36-24-14-15-25-37(36)41-44-45-46-48(41)42(32-18-8-5-9-19-32,33-20-10-6-11-21-33)34-22-12-7-13-23-34/h5-15,18-29,49H,3-4,16-17,30H2,1-2H3. The quantitative estimate of drug-likeness (QED) is 0.135. The topological polar surface area (TPSA) is 81.7 Å². The SMILES string of the molecule is CCCc1nc(CO)c(CCC)n1-c1ccc(-c2ccccc2-c2nnnn2C(c2ccccc2)(c2ccccc2)c2ccccc2)cc1. The van der Waals surface area contributed by atoms with Gasteiger partial charge in [0, 0.05) is 23.4 Å². The van der Waals surface area contributed by atoms with E-state index in [1.807, 2.05) is 28.9 Å². The van der Waals surface area contributed by atoms with Crippen molar-refractivity contribution in [3.8, 4) is 28.2 Å². The van der Waals surface area contributed by atoms with Crippen LogP contribution in [-0.2, 0) is 25.0 Å². The van der Waals surface area contributed by atoms with Crippen LogP contribution < -0.4 is 0 Å². The molecular weight excluding hydrogens is 605 g/mol. The minimum atomic E-state index is -0.850. The Morgan fingerprint density at radius 1 is 0.612 bits per heavy atom. The van der Waals surface area contributed by atoms with Crippen LogP contribution in [0.25, 0.3) is 28.2 Å². The van der Waals surface area contributed by atoms with E-state index in [0.29, 0.717) is 5.82 Å². The fourth-order valence-corrected chi connectivity index (χ4v) is 7.08. The molecule has 0 aliphatic rings. The molecule has 7 aromatic rings. The lowest BCUT2D eigenvalue weighted by Gasteiger charge is -2.36. The highest BCUT2D eigenvalue weighted by Crippen LogP contribution is 2.43. The molecule has 0 spiro atoms. The number of hydrogen-bond donors (Lipinski definition) is 1. The third-order valence-electron chi connectivity index (χ3n) is 9.20. The third-order valence-corrected chi connectivity index (χ3v) is 9.20. The van der Waals surface area contributed by atoms with E-state index >= 15 is 0 Å². The maximum absolute atomic E-state index is 10.1. The molecule has 2 heterocycles. The summed E-state index contributed by atoms with van der Waals surface area (Å²) in [5.41, 5.74) is 8.20. The largest absolute Gasteiger partial charge is 0.390 e. The summed E-state index contributed by atoms with van der Waals surface area (Å²) in [6.07, 6.45) is 3.65. The van der Waals surface area contributed by atoms with Crippen LogP contribution in [0.5, 0.6) is 0 Å². The lowest BCUT2D eigenvalue weighted by molar-refractivity contribution is 0.276. The lowest BCUT2D eigenvalue weighted by Crippen LogP contribution is -2.39. The molecule has 0 bridgehead atoms. The van der Waals surface area contributed by atoms with E-state index in [4.69, 9.17) is 15.3 Å². The molecule has 0 unspecified atom stereocenters. The Morgan fingerprint density at radius 2 is 1.14 bits per heavy atom. The predicted molar refractivity (Wildman–Crippen MR) is 194 cm³/mol. The Hall–Kier alpha value is -5.66. The van der Waals surface area contributed by atoms with Gasteiger partial charge in [-0.1, -0.05) is 148 Å². The van der Waals surface area contributed by atoms with Crippen molar-refractivity contribution in [2.45, 2.75) is 51.7 Å². The van der Waals surface area contributed by atoms with E-state index in [1.165, 1.54) is 0 Å². The molecule has 7 rings (SSSR count). The molecule has 2 aromatic heterocycles. The van der Waals surface area contributed by atoms with Gasteiger partial charge in [0.15, 0.2) is 5.82 Å². The molecule has 0 aliphatic heterocycles. The van der Waals surface area contributed by atoms with Crippen molar-refractivity contribution in [3.63, 3.8) is 0 Å². The lowest BCUT2D eigenvalue weighted by atomic mass is 9.77. The van der Waals surface area contributed by atoms with Crippen LogP contribution in [0.3, 0.4) is 0 Å². The molecule has 0 amide bonds. The number of aliphatic hydroxyl groups excluding tert-OH is 1. The van der Waals surface area contributed by atoms with Gasteiger partial charge in [0.1, 0.15) is 11.4 Å². The Kier molecular flexibility index (Phi) is 9.26. The molecule has 0 atom stereocenters. The van der Waals surface area contributed by atoms with Gasteiger partial charge in [-0.15, -0.1) is 5.10 Å². The molecule has 1 N–H and O–H groups in total. The smallest absolute Gasteiger partial charge is 0.184 e. The fraction of sp³-hybridized carbons (Fsp3) is 0.190.